The summed E-state index contributed by atoms with van der Waals surface area (Å²) in [4.78, 5) is 10.5. The lowest BCUT2D eigenvalue weighted by molar-refractivity contribution is 0.0859. The van der Waals surface area contributed by atoms with E-state index in [-0.39, 0.29) is 0 Å². The molecular weight excluding hydrogens is 133 g/mol. The minimum absolute atomic E-state index is 0.324. The maximum Gasteiger partial charge on any atom is 0.278 e. The van der Waals surface area contributed by atoms with Gasteiger partial charge in [-0.3, -0.25) is 4.79 Å². The molecule has 0 saturated heterocycles. The molecule has 1 aromatic rings. The standard InChI is InChI=1S/C7H6FNO/c8-9-7(10)6-4-2-1-3-5-6/h1-5H,(H,9,10). The Labute approximate surface area is 57.6 Å². The molecule has 0 aromatic heterocycles. The van der Waals surface area contributed by atoms with Gasteiger partial charge in [-0.2, -0.15) is 5.54 Å². The van der Waals surface area contributed by atoms with Gasteiger partial charge in [-0.25, -0.2) is 0 Å². The summed E-state index contributed by atoms with van der Waals surface area (Å²) < 4.78 is 11.5. The van der Waals surface area contributed by atoms with Crippen LogP contribution in [0.4, 0.5) is 4.48 Å². The average Bonchev–Trinajstić information content (AvgIpc) is 2.05. The minimum atomic E-state index is -0.708. The number of carbonyl (C=O) groups excluding carboxylic acids is 1. The average molecular weight is 139 g/mol. The third kappa shape index (κ3) is 1.31. The summed E-state index contributed by atoms with van der Waals surface area (Å²) in [6.45, 7) is 0. The Morgan fingerprint density at radius 2 is 1.90 bits per heavy atom. The molecule has 52 valence electrons. The van der Waals surface area contributed by atoms with Crippen molar-refractivity contribution in [3.8, 4) is 0 Å². The molecule has 0 spiro atoms. The smallest absolute Gasteiger partial charge is 0.267 e. The largest absolute Gasteiger partial charge is 0.278 e. The Bertz CT molecular complexity index is 222. The number of carbonyl (C=O) groups is 1. The Morgan fingerprint density at radius 1 is 1.30 bits per heavy atom. The summed E-state index contributed by atoms with van der Waals surface area (Å²) in [7, 11) is 0. The van der Waals surface area contributed by atoms with Crippen molar-refractivity contribution in [1.29, 1.82) is 0 Å². The van der Waals surface area contributed by atoms with Crippen molar-refractivity contribution in [2.45, 2.75) is 0 Å². The van der Waals surface area contributed by atoms with Gasteiger partial charge in [-0.1, -0.05) is 22.7 Å². The highest BCUT2D eigenvalue weighted by atomic mass is 19.2. The molecule has 2 nitrogen and oxygen atoms in total. The van der Waals surface area contributed by atoms with Crippen LogP contribution >= 0.6 is 0 Å². The van der Waals surface area contributed by atoms with Crippen molar-refractivity contribution in [1.82, 2.24) is 5.54 Å². The third-order valence-corrected chi connectivity index (χ3v) is 1.12. The van der Waals surface area contributed by atoms with Crippen LogP contribution in [0.25, 0.3) is 0 Å². The fourth-order valence-electron chi connectivity index (χ4n) is 0.644. The van der Waals surface area contributed by atoms with Gasteiger partial charge >= 0.3 is 0 Å². The molecule has 0 aliphatic carbocycles. The second kappa shape index (κ2) is 2.96. The zero-order valence-corrected chi connectivity index (χ0v) is 5.17. The van der Waals surface area contributed by atoms with Crippen molar-refractivity contribution < 1.29 is 9.28 Å². The fourth-order valence-corrected chi connectivity index (χ4v) is 0.644. The zero-order chi connectivity index (χ0) is 7.40. The lowest BCUT2D eigenvalue weighted by atomic mass is 10.2. The fraction of sp³-hybridized carbons (Fsp3) is 0. The van der Waals surface area contributed by atoms with E-state index in [1.807, 2.05) is 0 Å². The Kier molecular flexibility index (Phi) is 1.99. The topological polar surface area (TPSA) is 29.1 Å². The molecule has 0 atom stereocenters. The van der Waals surface area contributed by atoms with E-state index in [2.05, 4.69) is 0 Å². The van der Waals surface area contributed by atoms with Crippen LogP contribution in [0, 0.1) is 0 Å². The highest BCUT2D eigenvalue weighted by Crippen LogP contribution is 1.96. The van der Waals surface area contributed by atoms with E-state index in [0.29, 0.717) is 5.56 Å². The third-order valence-electron chi connectivity index (χ3n) is 1.12. The summed E-state index contributed by atoms with van der Waals surface area (Å²) in [5.74, 6) is -0.708. The first kappa shape index (κ1) is 6.74. The first-order chi connectivity index (χ1) is 4.84. The molecular formula is C7H6FNO. The molecule has 0 aliphatic rings. The van der Waals surface area contributed by atoms with Crippen LogP contribution in [0.3, 0.4) is 0 Å². The van der Waals surface area contributed by atoms with Crippen LogP contribution in [-0.4, -0.2) is 5.91 Å². The summed E-state index contributed by atoms with van der Waals surface area (Å²) >= 11 is 0. The van der Waals surface area contributed by atoms with Crippen LogP contribution in [0.5, 0.6) is 0 Å². The first-order valence-electron chi connectivity index (χ1n) is 2.80. The number of amides is 1. The highest BCUT2D eigenvalue weighted by molar-refractivity contribution is 5.93. The van der Waals surface area contributed by atoms with Gasteiger partial charge in [0.15, 0.2) is 0 Å². The Hall–Kier alpha value is -1.38. The predicted octanol–water partition coefficient (Wildman–Crippen LogP) is 1.30. The van der Waals surface area contributed by atoms with Crippen molar-refractivity contribution in [2.24, 2.45) is 0 Å². The molecule has 1 amide bonds. The monoisotopic (exact) mass is 139 g/mol. The summed E-state index contributed by atoms with van der Waals surface area (Å²) in [6.07, 6.45) is 0. The summed E-state index contributed by atoms with van der Waals surface area (Å²) in [5.41, 5.74) is 1.37. The van der Waals surface area contributed by atoms with Crippen LogP contribution in [-0.2, 0) is 0 Å². The van der Waals surface area contributed by atoms with Crippen LogP contribution in [0.2, 0.25) is 0 Å². The van der Waals surface area contributed by atoms with Gasteiger partial charge in [0.2, 0.25) is 0 Å². The molecule has 0 unspecified atom stereocenters. The quantitative estimate of drug-likeness (QED) is 0.584. The molecule has 1 rings (SSSR count). The van der Waals surface area contributed by atoms with Crippen molar-refractivity contribution in [3.63, 3.8) is 0 Å². The van der Waals surface area contributed by atoms with Crippen LogP contribution < -0.4 is 5.54 Å². The summed E-state index contributed by atoms with van der Waals surface area (Å²) in [5, 5.41) is 0. The van der Waals surface area contributed by atoms with E-state index >= 15 is 0 Å². The van der Waals surface area contributed by atoms with E-state index in [1.165, 1.54) is 12.1 Å². The number of hydrogen-bond acceptors (Lipinski definition) is 1. The predicted molar refractivity (Wildman–Crippen MR) is 35.0 cm³/mol. The number of hydrogen-bond donors (Lipinski definition) is 1. The molecule has 0 fully saturated rings. The van der Waals surface area contributed by atoms with Gasteiger partial charge in [0.25, 0.3) is 5.91 Å². The second-order valence-electron chi connectivity index (χ2n) is 1.79. The van der Waals surface area contributed by atoms with Gasteiger partial charge < -0.3 is 0 Å². The number of rotatable bonds is 1. The molecule has 0 aliphatic heterocycles. The molecule has 1 N–H and O–H groups in total. The van der Waals surface area contributed by atoms with E-state index in [0.717, 1.165) is 5.54 Å². The lowest BCUT2D eigenvalue weighted by Crippen LogP contribution is -2.12. The number of nitrogens with one attached hydrogen (secondary N) is 1. The number of benzene rings is 1. The molecule has 0 radical (unpaired) electrons. The van der Waals surface area contributed by atoms with E-state index < -0.39 is 5.91 Å². The van der Waals surface area contributed by atoms with Crippen LogP contribution in [0.1, 0.15) is 10.4 Å². The number of halogens is 1. The van der Waals surface area contributed by atoms with Gasteiger partial charge in [0, 0.05) is 5.56 Å². The lowest BCUT2D eigenvalue weighted by Gasteiger charge is -1.93. The maximum atomic E-state index is 11.5. The Balaban J connectivity index is 2.85. The second-order valence-corrected chi connectivity index (χ2v) is 1.79. The van der Waals surface area contributed by atoms with Crippen LogP contribution in [0.15, 0.2) is 30.3 Å². The molecule has 0 heterocycles. The molecule has 10 heavy (non-hydrogen) atoms. The zero-order valence-electron chi connectivity index (χ0n) is 5.17. The van der Waals surface area contributed by atoms with Crippen molar-refractivity contribution in [3.05, 3.63) is 35.9 Å². The van der Waals surface area contributed by atoms with Crippen molar-refractivity contribution >= 4 is 5.91 Å². The molecule has 0 bridgehead atoms. The van der Waals surface area contributed by atoms with Crippen molar-refractivity contribution in [2.75, 3.05) is 0 Å². The minimum Gasteiger partial charge on any atom is -0.267 e. The van der Waals surface area contributed by atoms with Gasteiger partial charge in [0.1, 0.15) is 0 Å². The van der Waals surface area contributed by atoms with E-state index in [4.69, 9.17) is 0 Å². The first-order valence-corrected chi connectivity index (χ1v) is 2.80. The normalized spacial score (nSPS) is 8.90. The molecule has 1 aromatic carbocycles. The van der Waals surface area contributed by atoms with Gasteiger partial charge in [-0.15, -0.1) is 0 Å². The highest BCUT2D eigenvalue weighted by Gasteiger charge is 2.00. The van der Waals surface area contributed by atoms with Gasteiger partial charge in [0.05, 0.1) is 0 Å². The van der Waals surface area contributed by atoms with E-state index in [1.54, 1.807) is 18.2 Å². The van der Waals surface area contributed by atoms with Gasteiger partial charge in [-0.05, 0) is 12.1 Å². The summed E-state index contributed by atoms with van der Waals surface area (Å²) in [6, 6.07) is 8.17. The SMILES string of the molecule is O=C(NF)c1ccccc1. The maximum absolute atomic E-state index is 11.5. The molecule has 0 saturated carbocycles. The molecule has 3 heteroatoms. The van der Waals surface area contributed by atoms with E-state index in [9.17, 15) is 9.28 Å². The Morgan fingerprint density at radius 3 is 2.40 bits per heavy atom.